The van der Waals surface area contributed by atoms with E-state index in [9.17, 15) is 4.79 Å². The quantitative estimate of drug-likeness (QED) is 0.811. The zero-order valence-corrected chi connectivity index (χ0v) is 9.36. The Morgan fingerprint density at radius 3 is 2.27 bits per heavy atom. The number of rotatable bonds is 4. The number of benzene rings is 1. The van der Waals surface area contributed by atoms with Crippen molar-refractivity contribution in [2.75, 3.05) is 7.05 Å². The standard InChI is InChI=1S/C12H18N2O/c1-3-12(15)14(2)9-11-6-4-10(8-13)5-7-11/h4-7H,3,8-9,13H2,1-2H3. The first-order valence-electron chi connectivity index (χ1n) is 5.19. The highest BCUT2D eigenvalue weighted by atomic mass is 16.2. The SMILES string of the molecule is CCC(=O)N(C)Cc1ccc(CN)cc1. The van der Waals surface area contributed by atoms with Gasteiger partial charge in [0.15, 0.2) is 0 Å². The van der Waals surface area contributed by atoms with Gasteiger partial charge in [-0.1, -0.05) is 31.2 Å². The molecule has 1 amide bonds. The molecule has 0 aromatic heterocycles. The fourth-order valence-electron chi connectivity index (χ4n) is 1.41. The molecule has 0 unspecified atom stereocenters. The van der Waals surface area contributed by atoms with Crippen molar-refractivity contribution >= 4 is 5.91 Å². The monoisotopic (exact) mass is 206 g/mol. The minimum Gasteiger partial charge on any atom is -0.341 e. The summed E-state index contributed by atoms with van der Waals surface area (Å²) in [5, 5.41) is 0. The highest BCUT2D eigenvalue weighted by Gasteiger charge is 2.05. The Morgan fingerprint density at radius 1 is 1.27 bits per heavy atom. The second-order valence-corrected chi connectivity index (χ2v) is 3.62. The molecule has 82 valence electrons. The molecule has 15 heavy (non-hydrogen) atoms. The van der Waals surface area contributed by atoms with E-state index < -0.39 is 0 Å². The molecule has 3 nitrogen and oxygen atoms in total. The van der Waals surface area contributed by atoms with Crippen molar-refractivity contribution in [2.24, 2.45) is 5.73 Å². The van der Waals surface area contributed by atoms with Gasteiger partial charge in [0.2, 0.25) is 5.91 Å². The Balaban J connectivity index is 2.60. The second kappa shape index (κ2) is 5.51. The highest BCUT2D eigenvalue weighted by molar-refractivity contribution is 5.75. The van der Waals surface area contributed by atoms with Crippen LogP contribution in [0.5, 0.6) is 0 Å². The Morgan fingerprint density at radius 2 is 1.80 bits per heavy atom. The summed E-state index contributed by atoms with van der Waals surface area (Å²) in [6.45, 7) is 3.10. The smallest absolute Gasteiger partial charge is 0.222 e. The van der Waals surface area contributed by atoms with E-state index in [2.05, 4.69) is 0 Å². The van der Waals surface area contributed by atoms with Crippen LogP contribution in [-0.2, 0) is 17.9 Å². The predicted molar refractivity (Wildman–Crippen MR) is 61.1 cm³/mol. The number of carbonyl (C=O) groups excluding carboxylic acids is 1. The van der Waals surface area contributed by atoms with Crippen molar-refractivity contribution in [3.8, 4) is 0 Å². The maximum Gasteiger partial charge on any atom is 0.222 e. The van der Waals surface area contributed by atoms with Crippen molar-refractivity contribution in [1.29, 1.82) is 0 Å². The minimum absolute atomic E-state index is 0.165. The maximum absolute atomic E-state index is 11.3. The van der Waals surface area contributed by atoms with Crippen LogP contribution < -0.4 is 5.73 Å². The number of carbonyl (C=O) groups is 1. The molecule has 0 atom stereocenters. The van der Waals surface area contributed by atoms with E-state index in [-0.39, 0.29) is 5.91 Å². The molecule has 3 heteroatoms. The largest absolute Gasteiger partial charge is 0.341 e. The average molecular weight is 206 g/mol. The van der Waals surface area contributed by atoms with Gasteiger partial charge in [-0.25, -0.2) is 0 Å². The van der Waals surface area contributed by atoms with E-state index in [1.807, 2.05) is 38.2 Å². The van der Waals surface area contributed by atoms with E-state index in [4.69, 9.17) is 5.73 Å². The summed E-state index contributed by atoms with van der Waals surface area (Å²) in [7, 11) is 1.82. The first kappa shape index (κ1) is 11.7. The third-order valence-electron chi connectivity index (χ3n) is 2.41. The van der Waals surface area contributed by atoms with E-state index in [0.717, 1.165) is 11.1 Å². The lowest BCUT2D eigenvalue weighted by Gasteiger charge is -2.16. The Kier molecular flexibility index (Phi) is 4.31. The Labute approximate surface area is 90.9 Å². The summed E-state index contributed by atoms with van der Waals surface area (Å²) in [6.07, 6.45) is 0.553. The van der Waals surface area contributed by atoms with Crippen LogP contribution in [0.15, 0.2) is 24.3 Å². The predicted octanol–water partition coefficient (Wildman–Crippen LogP) is 1.51. The number of amides is 1. The van der Waals surface area contributed by atoms with Crippen LogP contribution in [0, 0.1) is 0 Å². The molecule has 0 heterocycles. The van der Waals surface area contributed by atoms with Crippen LogP contribution in [0.1, 0.15) is 24.5 Å². The normalized spacial score (nSPS) is 10.1. The Bertz CT molecular complexity index is 319. The third-order valence-corrected chi connectivity index (χ3v) is 2.41. The molecule has 2 N–H and O–H groups in total. The fraction of sp³-hybridized carbons (Fsp3) is 0.417. The zero-order chi connectivity index (χ0) is 11.3. The molecule has 0 bridgehead atoms. The van der Waals surface area contributed by atoms with Crippen LogP contribution in [0.25, 0.3) is 0 Å². The highest BCUT2D eigenvalue weighted by Crippen LogP contribution is 2.06. The van der Waals surface area contributed by atoms with Crippen LogP contribution in [0.2, 0.25) is 0 Å². The van der Waals surface area contributed by atoms with Gasteiger partial charge >= 0.3 is 0 Å². The molecular formula is C12H18N2O. The van der Waals surface area contributed by atoms with Gasteiger partial charge < -0.3 is 10.6 Å². The molecule has 1 aromatic rings. The summed E-state index contributed by atoms with van der Waals surface area (Å²) in [4.78, 5) is 13.1. The van der Waals surface area contributed by atoms with Gasteiger partial charge in [0.1, 0.15) is 0 Å². The van der Waals surface area contributed by atoms with Crippen LogP contribution in [0.4, 0.5) is 0 Å². The van der Waals surface area contributed by atoms with Gasteiger partial charge in [-0.3, -0.25) is 4.79 Å². The lowest BCUT2D eigenvalue weighted by atomic mass is 10.1. The molecule has 0 saturated heterocycles. The Hall–Kier alpha value is -1.35. The van der Waals surface area contributed by atoms with Crippen LogP contribution >= 0.6 is 0 Å². The van der Waals surface area contributed by atoms with E-state index in [1.165, 1.54) is 0 Å². The molecule has 0 saturated carbocycles. The number of nitrogens with zero attached hydrogens (tertiary/aromatic N) is 1. The molecule has 0 aliphatic carbocycles. The van der Waals surface area contributed by atoms with Crippen molar-refractivity contribution in [3.05, 3.63) is 35.4 Å². The third kappa shape index (κ3) is 3.36. The van der Waals surface area contributed by atoms with Crippen molar-refractivity contribution in [1.82, 2.24) is 4.90 Å². The lowest BCUT2D eigenvalue weighted by Crippen LogP contribution is -2.25. The molecule has 1 rings (SSSR count). The molecule has 0 fully saturated rings. The average Bonchev–Trinajstić information content (AvgIpc) is 2.29. The van der Waals surface area contributed by atoms with Crippen molar-refractivity contribution in [2.45, 2.75) is 26.4 Å². The van der Waals surface area contributed by atoms with Crippen molar-refractivity contribution in [3.63, 3.8) is 0 Å². The van der Waals surface area contributed by atoms with E-state index in [0.29, 0.717) is 19.5 Å². The first-order chi connectivity index (χ1) is 7.17. The number of hydrogen-bond acceptors (Lipinski definition) is 2. The van der Waals surface area contributed by atoms with E-state index >= 15 is 0 Å². The summed E-state index contributed by atoms with van der Waals surface area (Å²) < 4.78 is 0. The first-order valence-corrected chi connectivity index (χ1v) is 5.19. The summed E-state index contributed by atoms with van der Waals surface area (Å²) in [6, 6.07) is 8.03. The topological polar surface area (TPSA) is 46.3 Å². The van der Waals surface area contributed by atoms with Crippen LogP contribution in [0.3, 0.4) is 0 Å². The van der Waals surface area contributed by atoms with Gasteiger partial charge in [-0.2, -0.15) is 0 Å². The van der Waals surface area contributed by atoms with Gasteiger partial charge in [0, 0.05) is 26.6 Å². The van der Waals surface area contributed by atoms with E-state index in [1.54, 1.807) is 4.90 Å². The summed E-state index contributed by atoms with van der Waals surface area (Å²) in [5.41, 5.74) is 7.76. The maximum atomic E-state index is 11.3. The lowest BCUT2D eigenvalue weighted by molar-refractivity contribution is -0.130. The summed E-state index contributed by atoms with van der Waals surface area (Å²) >= 11 is 0. The van der Waals surface area contributed by atoms with Gasteiger partial charge in [-0.15, -0.1) is 0 Å². The van der Waals surface area contributed by atoms with Gasteiger partial charge in [-0.05, 0) is 11.1 Å². The molecule has 0 aliphatic rings. The fourth-order valence-corrected chi connectivity index (χ4v) is 1.41. The molecule has 0 aliphatic heterocycles. The molecule has 0 spiro atoms. The molecular weight excluding hydrogens is 188 g/mol. The van der Waals surface area contributed by atoms with Crippen LogP contribution in [-0.4, -0.2) is 17.9 Å². The second-order valence-electron chi connectivity index (χ2n) is 3.62. The minimum atomic E-state index is 0.165. The number of nitrogens with two attached hydrogens (primary N) is 1. The molecule has 1 aromatic carbocycles. The zero-order valence-electron chi connectivity index (χ0n) is 9.36. The number of hydrogen-bond donors (Lipinski definition) is 1. The van der Waals surface area contributed by atoms with Gasteiger partial charge in [0.25, 0.3) is 0 Å². The van der Waals surface area contributed by atoms with Crippen molar-refractivity contribution < 1.29 is 4.79 Å². The summed E-state index contributed by atoms with van der Waals surface area (Å²) in [5.74, 6) is 0.165. The molecule has 0 radical (unpaired) electrons. The van der Waals surface area contributed by atoms with Gasteiger partial charge in [0.05, 0.1) is 0 Å².